The number of amides is 1. The zero-order valence-corrected chi connectivity index (χ0v) is 10.7. The van der Waals surface area contributed by atoms with Crippen LogP contribution < -0.4 is 0 Å². The number of hydrogen-bond donors (Lipinski definition) is 0. The van der Waals surface area contributed by atoms with E-state index in [9.17, 15) is 4.79 Å². The Morgan fingerprint density at radius 2 is 1.93 bits per heavy atom. The lowest BCUT2D eigenvalue weighted by molar-refractivity contribution is -0.133. The third kappa shape index (κ3) is 6.50. The van der Waals surface area contributed by atoms with Crippen LogP contribution in [-0.2, 0) is 9.53 Å². The second-order valence-electron chi connectivity index (χ2n) is 4.38. The van der Waals surface area contributed by atoms with Crippen molar-refractivity contribution in [3.05, 3.63) is 0 Å². The molecular formula is C12H25NO2. The van der Waals surface area contributed by atoms with E-state index in [1.54, 1.807) is 4.90 Å². The summed E-state index contributed by atoms with van der Waals surface area (Å²) in [4.78, 5) is 13.3. The maximum absolute atomic E-state index is 11.6. The zero-order chi connectivity index (χ0) is 11.8. The van der Waals surface area contributed by atoms with Crippen LogP contribution in [-0.4, -0.2) is 37.1 Å². The first kappa shape index (κ1) is 14.4. The van der Waals surface area contributed by atoms with Gasteiger partial charge in [-0.05, 0) is 19.8 Å². The SMILES string of the molecule is CCCOC(C)CCN(C)C(=O)C(C)C. The highest BCUT2D eigenvalue weighted by atomic mass is 16.5. The van der Waals surface area contributed by atoms with Crippen LogP contribution in [0, 0.1) is 5.92 Å². The van der Waals surface area contributed by atoms with Crippen molar-refractivity contribution in [3.63, 3.8) is 0 Å². The third-order valence-corrected chi connectivity index (χ3v) is 2.35. The lowest BCUT2D eigenvalue weighted by Gasteiger charge is -2.21. The van der Waals surface area contributed by atoms with E-state index >= 15 is 0 Å². The molecule has 1 atom stereocenters. The van der Waals surface area contributed by atoms with Gasteiger partial charge in [0.25, 0.3) is 0 Å². The van der Waals surface area contributed by atoms with Crippen molar-refractivity contribution >= 4 is 5.91 Å². The smallest absolute Gasteiger partial charge is 0.224 e. The van der Waals surface area contributed by atoms with Gasteiger partial charge in [0.2, 0.25) is 5.91 Å². The van der Waals surface area contributed by atoms with Gasteiger partial charge in [-0.25, -0.2) is 0 Å². The van der Waals surface area contributed by atoms with Crippen LogP contribution in [0.15, 0.2) is 0 Å². The number of nitrogens with zero attached hydrogens (tertiary/aromatic N) is 1. The van der Waals surface area contributed by atoms with Crippen molar-refractivity contribution < 1.29 is 9.53 Å². The fourth-order valence-electron chi connectivity index (χ4n) is 1.33. The molecule has 0 radical (unpaired) electrons. The van der Waals surface area contributed by atoms with E-state index in [0.717, 1.165) is 26.0 Å². The molecule has 0 heterocycles. The molecule has 15 heavy (non-hydrogen) atoms. The number of ether oxygens (including phenoxy) is 1. The molecular weight excluding hydrogens is 190 g/mol. The van der Waals surface area contributed by atoms with E-state index < -0.39 is 0 Å². The number of carbonyl (C=O) groups is 1. The van der Waals surface area contributed by atoms with Gasteiger partial charge in [-0.3, -0.25) is 4.79 Å². The van der Waals surface area contributed by atoms with Gasteiger partial charge in [-0.1, -0.05) is 20.8 Å². The van der Waals surface area contributed by atoms with Crippen molar-refractivity contribution in [1.29, 1.82) is 0 Å². The fraction of sp³-hybridized carbons (Fsp3) is 0.917. The van der Waals surface area contributed by atoms with Crippen LogP contribution >= 0.6 is 0 Å². The average Bonchev–Trinajstić information content (AvgIpc) is 2.21. The van der Waals surface area contributed by atoms with Gasteiger partial charge < -0.3 is 9.64 Å². The molecule has 0 aliphatic heterocycles. The highest BCUT2D eigenvalue weighted by Gasteiger charge is 2.13. The summed E-state index contributed by atoms with van der Waals surface area (Å²) in [6.07, 6.45) is 2.20. The molecule has 1 amide bonds. The van der Waals surface area contributed by atoms with E-state index in [2.05, 4.69) is 13.8 Å². The van der Waals surface area contributed by atoms with E-state index in [4.69, 9.17) is 4.74 Å². The van der Waals surface area contributed by atoms with Gasteiger partial charge in [0.15, 0.2) is 0 Å². The summed E-state index contributed by atoms with van der Waals surface area (Å²) in [5.74, 6) is 0.291. The predicted molar refractivity (Wildman–Crippen MR) is 62.8 cm³/mol. The molecule has 1 unspecified atom stereocenters. The van der Waals surface area contributed by atoms with Crippen molar-refractivity contribution in [2.45, 2.75) is 46.6 Å². The maximum atomic E-state index is 11.6. The Balaban J connectivity index is 3.70. The van der Waals surface area contributed by atoms with Crippen LogP contribution in [0.5, 0.6) is 0 Å². The van der Waals surface area contributed by atoms with Crippen LogP contribution in [0.1, 0.15) is 40.5 Å². The molecule has 0 fully saturated rings. The van der Waals surface area contributed by atoms with Crippen LogP contribution in [0.3, 0.4) is 0 Å². The first-order chi connectivity index (χ1) is 6.99. The summed E-state index contributed by atoms with van der Waals surface area (Å²) in [5, 5.41) is 0. The van der Waals surface area contributed by atoms with Crippen LogP contribution in [0.2, 0.25) is 0 Å². The minimum absolute atomic E-state index is 0.0851. The Kier molecular flexibility index (Phi) is 7.39. The molecule has 3 nitrogen and oxygen atoms in total. The average molecular weight is 215 g/mol. The normalized spacial score (nSPS) is 12.9. The molecule has 0 saturated carbocycles. The summed E-state index contributed by atoms with van der Waals surface area (Å²) in [7, 11) is 1.86. The molecule has 0 aromatic heterocycles. The topological polar surface area (TPSA) is 29.5 Å². The molecule has 0 N–H and O–H groups in total. The summed E-state index contributed by atoms with van der Waals surface area (Å²) >= 11 is 0. The quantitative estimate of drug-likeness (QED) is 0.652. The standard InChI is InChI=1S/C12H25NO2/c1-6-9-15-11(4)7-8-13(5)12(14)10(2)3/h10-11H,6-9H2,1-5H3. The predicted octanol–water partition coefficient (Wildman–Crippen LogP) is 2.31. The maximum Gasteiger partial charge on any atom is 0.224 e. The van der Waals surface area contributed by atoms with Gasteiger partial charge in [-0.15, -0.1) is 0 Å². The van der Waals surface area contributed by atoms with Gasteiger partial charge in [0.05, 0.1) is 6.10 Å². The highest BCUT2D eigenvalue weighted by molar-refractivity contribution is 5.77. The number of carbonyl (C=O) groups excluding carboxylic acids is 1. The van der Waals surface area contributed by atoms with Crippen LogP contribution in [0.25, 0.3) is 0 Å². The minimum atomic E-state index is 0.0851. The lowest BCUT2D eigenvalue weighted by Crippen LogP contribution is -2.33. The summed E-state index contributed by atoms with van der Waals surface area (Å²) in [6.45, 7) is 9.60. The van der Waals surface area contributed by atoms with Gasteiger partial charge in [-0.2, -0.15) is 0 Å². The Morgan fingerprint density at radius 1 is 1.33 bits per heavy atom. The van der Waals surface area contributed by atoms with Crippen molar-refractivity contribution in [3.8, 4) is 0 Å². The first-order valence-electron chi connectivity index (χ1n) is 5.85. The summed E-state index contributed by atoms with van der Waals surface area (Å²) in [5.41, 5.74) is 0. The van der Waals surface area contributed by atoms with E-state index in [0.29, 0.717) is 0 Å². The van der Waals surface area contributed by atoms with Gasteiger partial charge in [0.1, 0.15) is 0 Å². The van der Waals surface area contributed by atoms with Crippen molar-refractivity contribution in [1.82, 2.24) is 4.90 Å². The Morgan fingerprint density at radius 3 is 2.40 bits per heavy atom. The largest absolute Gasteiger partial charge is 0.378 e. The molecule has 0 bridgehead atoms. The lowest BCUT2D eigenvalue weighted by atomic mass is 10.2. The van der Waals surface area contributed by atoms with Gasteiger partial charge in [0, 0.05) is 26.1 Å². The summed E-state index contributed by atoms with van der Waals surface area (Å²) in [6, 6.07) is 0. The molecule has 0 aromatic rings. The Hall–Kier alpha value is -0.570. The number of rotatable bonds is 7. The fourth-order valence-corrected chi connectivity index (χ4v) is 1.33. The molecule has 0 saturated heterocycles. The second-order valence-corrected chi connectivity index (χ2v) is 4.38. The van der Waals surface area contributed by atoms with E-state index in [1.165, 1.54) is 0 Å². The molecule has 90 valence electrons. The molecule has 0 aliphatic rings. The van der Waals surface area contributed by atoms with E-state index in [1.807, 2.05) is 20.9 Å². The minimum Gasteiger partial charge on any atom is -0.378 e. The third-order valence-electron chi connectivity index (χ3n) is 2.35. The molecule has 0 aromatic carbocycles. The van der Waals surface area contributed by atoms with E-state index in [-0.39, 0.29) is 17.9 Å². The first-order valence-corrected chi connectivity index (χ1v) is 5.85. The Bertz CT molecular complexity index is 180. The molecule has 0 aliphatic carbocycles. The van der Waals surface area contributed by atoms with Crippen LogP contribution in [0.4, 0.5) is 0 Å². The zero-order valence-electron chi connectivity index (χ0n) is 10.7. The summed E-state index contributed by atoms with van der Waals surface area (Å²) < 4.78 is 5.54. The van der Waals surface area contributed by atoms with Crippen molar-refractivity contribution in [2.75, 3.05) is 20.2 Å². The highest BCUT2D eigenvalue weighted by Crippen LogP contribution is 2.03. The van der Waals surface area contributed by atoms with Gasteiger partial charge >= 0.3 is 0 Å². The second kappa shape index (κ2) is 7.69. The molecule has 0 rings (SSSR count). The molecule has 0 spiro atoms. The van der Waals surface area contributed by atoms with Crippen molar-refractivity contribution in [2.24, 2.45) is 5.92 Å². The Labute approximate surface area is 93.8 Å². The monoisotopic (exact) mass is 215 g/mol. The molecule has 3 heteroatoms. The number of hydrogen-bond acceptors (Lipinski definition) is 2.